The predicted octanol–water partition coefficient (Wildman–Crippen LogP) is 7.30. The van der Waals surface area contributed by atoms with Crippen LogP contribution >= 0.6 is 11.8 Å². The number of allylic oxidation sites excluding steroid dienone is 1. The van der Waals surface area contributed by atoms with E-state index in [0.717, 1.165) is 32.0 Å². The summed E-state index contributed by atoms with van der Waals surface area (Å²) in [5.41, 5.74) is 4.26. The molecule has 2 saturated carbocycles. The van der Waals surface area contributed by atoms with Gasteiger partial charge in [-0.2, -0.15) is 0 Å². The average Bonchev–Trinajstić information content (AvgIpc) is 3.03. The molecular weight excluding hydrogens is 412 g/mol. The Bertz CT molecular complexity index is 906. The average molecular weight is 449 g/mol. The highest BCUT2D eigenvalue weighted by Gasteiger charge is 2.33. The molecule has 2 aromatic rings. The Kier molecular flexibility index (Phi) is 7.91. The fraction of sp³-hybridized carbons (Fsp3) is 0.483. The molecule has 1 aliphatic heterocycles. The van der Waals surface area contributed by atoms with Crippen molar-refractivity contribution in [2.24, 2.45) is 10.8 Å². The minimum absolute atomic E-state index is 0.0382. The molecule has 1 N–H and O–H groups in total. The first-order valence-corrected chi connectivity index (χ1v) is 13.3. The van der Waals surface area contributed by atoms with Crippen LogP contribution in [-0.2, 0) is 4.79 Å². The summed E-state index contributed by atoms with van der Waals surface area (Å²) in [5.74, 6) is 1.24. The molecule has 3 heteroatoms. The molecule has 170 valence electrons. The van der Waals surface area contributed by atoms with Crippen LogP contribution in [0.15, 0.2) is 65.6 Å². The van der Waals surface area contributed by atoms with Gasteiger partial charge in [0.2, 0.25) is 0 Å². The lowest BCUT2D eigenvalue weighted by molar-refractivity contribution is -0.120. The Balaban J connectivity index is 0.000000207. The Morgan fingerprint density at radius 3 is 2.06 bits per heavy atom. The minimum atomic E-state index is -0.363. The van der Waals surface area contributed by atoms with Crippen molar-refractivity contribution in [1.82, 2.24) is 0 Å². The van der Waals surface area contributed by atoms with Crippen LogP contribution in [0.1, 0.15) is 75.3 Å². The summed E-state index contributed by atoms with van der Waals surface area (Å²) in [6, 6.07) is 19.9. The van der Waals surface area contributed by atoms with Gasteiger partial charge < -0.3 is 9.90 Å². The highest BCUT2D eigenvalue weighted by Crippen LogP contribution is 2.48. The van der Waals surface area contributed by atoms with Crippen LogP contribution in [0.2, 0.25) is 0 Å². The van der Waals surface area contributed by atoms with Crippen LogP contribution in [0.25, 0.3) is 5.57 Å². The van der Waals surface area contributed by atoms with E-state index in [1.165, 1.54) is 65.9 Å². The number of fused-ring (bicyclic) bond motifs is 1. The number of carbonyl (C=O) groups is 1. The summed E-state index contributed by atoms with van der Waals surface area (Å²) >= 11 is 2.06. The molecule has 32 heavy (non-hydrogen) atoms. The topological polar surface area (TPSA) is 37.3 Å². The standard InChI is InChI=1S/C21H22S.C8H14O2/c1-3-9-17(10-4-1)19-15-21(13-7-2-8-14-21)16-22-20-12-6-5-11-18(19)20;9-6-8(7-10)4-2-1-3-5-8/h1,3-6,9-12,15H,2,7-8,13-14,16H2;6,10H,1-5,7H2. The van der Waals surface area contributed by atoms with E-state index in [9.17, 15) is 4.79 Å². The van der Waals surface area contributed by atoms with Crippen molar-refractivity contribution in [3.05, 3.63) is 71.8 Å². The van der Waals surface area contributed by atoms with Gasteiger partial charge in [0.1, 0.15) is 6.29 Å². The molecule has 0 amide bonds. The molecule has 2 fully saturated rings. The van der Waals surface area contributed by atoms with E-state index in [2.05, 4.69) is 72.4 Å². The summed E-state index contributed by atoms with van der Waals surface area (Å²) < 4.78 is 0. The normalized spacial score (nSPS) is 21.3. The summed E-state index contributed by atoms with van der Waals surface area (Å²) in [5, 5.41) is 8.91. The monoisotopic (exact) mass is 448 g/mol. The number of aldehydes is 1. The molecule has 0 saturated heterocycles. The molecule has 0 radical (unpaired) electrons. The number of rotatable bonds is 3. The Labute approximate surface area is 197 Å². The lowest BCUT2D eigenvalue weighted by Crippen LogP contribution is -2.29. The number of benzene rings is 2. The first kappa shape index (κ1) is 23.3. The van der Waals surface area contributed by atoms with Gasteiger partial charge in [-0.3, -0.25) is 0 Å². The zero-order valence-electron chi connectivity index (χ0n) is 19.1. The zero-order chi connectivity index (χ0) is 22.3. The lowest BCUT2D eigenvalue weighted by atomic mass is 9.73. The van der Waals surface area contributed by atoms with Crippen molar-refractivity contribution in [3.8, 4) is 0 Å². The van der Waals surface area contributed by atoms with Crippen molar-refractivity contribution >= 4 is 23.6 Å². The molecule has 1 spiro atoms. The smallest absolute Gasteiger partial charge is 0.128 e. The Hall–Kier alpha value is -1.84. The third-order valence-corrected chi connectivity index (χ3v) is 8.88. The largest absolute Gasteiger partial charge is 0.395 e. The second kappa shape index (κ2) is 10.9. The molecule has 3 aliphatic rings. The Morgan fingerprint density at radius 1 is 0.812 bits per heavy atom. The second-order valence-corrected chi connectivity index (χ2v) is 10.8. The summed E-state index contributed by atoms with van der Waals surface area (Å²) in [6.45, 7) is 0.0382. The molecule has 2 nitrogen and oxygen atoms in total. The van der Waals surface area contributed by atoms with Crippen LogP contribution in [0, 0.1) is 10.8 Å². The van der Waals surface area contributed by atoms with Crippen molar-refractivity contribution in [1.29, 1.82) is 0 Å². The van der Waals surface area contributed by atoms with Gasteiger partial charge in [0.15, 0.2) is 0 Å². The van der Waals surface area contributed by atoms with Crippen molar-refractivity contribution in [2.75, 3.05) is 12.4 Å². The van der Waals surface area contributed by atoms with Crippen molar-refractivity contribution in [3.63, 3.8) is 0 Å². The number of thioether (sulfide) groups is 1. The molecule has 5 rings (SSSR count). The summed E-state index contributed by atoms with van der Waals surface area (Å²) in [7, 11) is 0. The van der Waals surface area contributed by atoms with Crippen LogP contribution in [0.4, 0.5) is 0 Å². The van der Waals surface area contributed by atoms with E-state index in [1.807, 2.05) is 0 Å². The number of carbonyl (C=O) groups excluding carboxylic acids is 1. The predicted molar refractivity (Wildman–Crippen MR) is 135 cm³/mol. The van der Waals surface area contributed by atoms with Gasteiger partial charge in [-0.15, -0.1) is 11.8 Å². The van der Waals surface area contributed by atoms with E-state index >= 15 is 0 Å². The van der Waals surface area contributed by atoms with Crippen LogP contribution < -0.4 is 0 Å². The molecule has 1 heterocycles. The summed E-state index contributed by atoms with van der Waals surface area (Å²) in [4.78, 5) is 12.0. The highest BCUT2D eigenvalue weighted by atomic mass is 32.2. The van der Waals surface area contributed by atoms with Gasteiger partial charge in [0.25, 0.3) is 0 Å². The van der Waals surface area contributed by atoms with Crippen molar-refractivity contribution < 1.29 is 9.90 Å². The number of hydrogen-bond acceptors (Lipinski definition) is 3. The van der Waals surface area contributed by atoms with Crippen LogP contribution in [0.3, 0.4) is 0 Å². The second-order valence-electron chi connectivity index (χ2n) is 9.83. The van der Waals surface area contributed by atoms with Gasteiger partial charge in [0.05, 0.1) is 6.61 Å². The molecule has 0 atom stereocenters. The van der Waals surface area contributed by atoms with E-state index in [0.29, 0.717) is 5.41 Å². The first-order chi connectivity index (χ1) is 15.7. The molecule has 2 aromatic carbocycles. The van der Waals surface area contributed by atoms with Crippen LogP contribution in [0.5, 0.6) is 0 Å². The van der Waals surface area contributed by atoms with E-state index < -0.39 is 0 Å². The van der Waals surface area contributed by atoms with E-state index in [-0.39, 0.29) is 12.0 Å². The maximum atomic E-state index is 10.6. The fourth-order valence-corrected chi connectivity index (χ4v) is 6.76. The van der Waals surface area contributed by atoms with Gasteiger partial charge in [-0.05, 0) is 53.9 Å². The number of aliphatic hydroxyl groups is 1. The lowest BCUT2D eigenvalue weighted by Gasteiger charge is -2.34. The third-order valence-electron chi connectivity index (χ3n) is 7.49. The first-order valence-electron chi connectivity index (χ1n) is 12.3. The van der Waals surface area contributed by atoms with E-state index in [4.69, 9.17) is 5.11 Å². The molecule has 0 bridgehead atoms. The summed E-state index contributed by atoms with van der Waals surface area (Å²) in [6.07, 6.45) is 15.6. The SMILES string of the molecule is C1=C(c2ccccc2)c2ccccc2SCC12CCCCC2.O=CC1(CO)CCCCC1. The number of hydrogen-bond donors (Lipinski definition) is 1. The molecule has 0 aromatic heterocycles. The van der Waals surface area contributed by atoms with Crippen LogP contribution in [-0.4, -0.2) is 23.8 Å². The maximum Gasteiger partial charge on any atom is 0.128 e. The minimum Gasteiger partial charge on any atom is -0.395 e. The van der Waals surface area contributed by atoms with E-state index in [1.54, 1.807) is 0 Å². The molecule has 2 aliphatic carbocycles. The maximum absolute atomic E-state index is 10.6. The quantitative estimate of drug-likeness (QED) is 0.500. The fourth-order valence-electron chi connectivity index (χ4n) is 5.43. The molecule has 0 unspecified atom stereocenters. The van der Waals surface area contributed by atoms with Gasteiger partial charge >= 0.3 is 0 Å². The van der Waals surface area contributed by atoms with Gasteiger partial charge in [-0.25, -0.2) is 0 Å². The van der Waals surface area contributed by atoms with Crippen molar-refractivity contribution in [2.45, 2.75) is 69.1 Å². The molecular formula is C29H36O2S. The zero-order valence-corrected chi connectivity index (χ0v) is 19.9. The highest BCUT2D eigenvalue weighted by molar-refractivity contribution is 7.99. The number of aliphatic hydroxyl groups excluding tert-OH is 1. The van der Waals surface area contributed by atoms with Gasteiger partial charge in [-0.1, -0.05) is 93.1 Å². The Morgan fingerprint density at radius 2 is 1.44 bits per heavy atom. The third kappa shape index (κ3) is 5.38. The van der Waals surface area contributed by atoms with Gasteiger partial charge in [0, 0.05) is 16.1 Å².